The number of hydrogen-bond acceptors (Lipinski definition) is 14. The zero-order chi connectivity index (χ0) is 39.7. The molecule has 14 nitrogen and oxygen atoms in total. The van der Waals surface area contributed by atoms with Gasteiger partial charge in [0.2, 0.25) is 0 Å². The average Bonchev–Trinajstić information content (AvgIpc) is 3.05. The Morgan fingerprint density at radius 2 is 1.56 bits per heavy atom. The van der Waals surface area contributed by atoms with Crippen molar-refractivity contribution in [3.63, 3.8) is 0 Å². The van der Waals surface area contributed by atoms with Gasteiger partial charge in [0.1, 0.15) is 30.0 Å². The number of carbonyl (C=O) groups excluding carboxylic acids is 1. The molecule has 18 atom stereocenters. The third-order valence-electron chi connectivity index (χ3n) is 12.2. The molecule has 0 spiro atoms. The minimum Gasteiger partial charge on any atom is -0.459 e. The maximum absolute atomic E-state index is 14.2. The number of carbonyl (C=O) groups is 1. The first kappa shape index (κ1) is 45.4. The molecule has 306 valence electrons. The van der Waals surface area contributed by atoms with E-state index in [1.165, 1.54) is 14.0 Å². The molecule has 0 aliphatic carbocycles. The van der Waals surface area contributed by atoms with Crippen LogP contribution in [0, 0.1) is 17.8 Å². The monoisotopic (exact) mass is 749 g/mol. The molecule has 0 aromatic rings. The lowest BCUT2D eigenvalue weighted by Gasteiger charge is -2.48. The number of hydrogen-bond donors (Lipinski definition) is 5. The second-order valence-corrected chi connectivity index (χ2v) is 17.2. The van der Waals surface area contributed by atoms with Gasteiger partial charge in [0, 0.05) is 38.1 Å². The van der Waals surface area contributed by atoms with Gasteiger partial charge in [-0.1, -0.05) is 20.8 Å². The van der Waals surface area contributed by atoms with Gasteiger partial charge in [-0.05, 0) is 94.8 Å². The van der Waals surface area contributed by atoms with Crippen LogP contribution in [0.4, 0.5) is 0 Å². The summed E-state index contributed by atoms with van der Waals surface area (Å²) in [6.07, 6.45) is -8.19. The molecule has 3 saturated heterocycles. The molecule has 3 aliphatic heterocycles. The molecular weight excluding hydrogens is 676 g/mol. The summed E-state index contributed by atoms with van der Waals surface area (Å²) in [5, 5.41) is 58.1. The smallest absolute Gasteiger partial charge is 0.311 e. The predicted octanol–water partition coefficient (Wildman–Crippen LogP) is 1.90. The Morgan fingerprint density at radius 1 is 0.942 bits per heavy atom. The normalized spacial score (nSPS) is 49.6. The Kier molecular flexibility index (Phi) is 15.6. The van der Waals surface area contributed by atoms with Crippen LogP contribution in [-0.4, -0.2) is 166 Å². The Morgan fingerprint density at radius 3 is 2.12 bits per heavy atom. The maximum atomic E-state index is 14.2. The number of esters is 1. The SMILES string of the molecule is CC[C@@H]1OC(=O)[C@H](C)[C@@H](O[C@H]2C[C@@](C)(OC)[C@@H](O)[C@H](C)O2)C(C)[C@@H](O[C@@H]2O[C@H](C)C[C@H](N(C)C)[C@H]2O)[C@](C)(O)C[C@@H](C)CN(C)[C@H](C)[C@@H](O)[C@]1(C)O. The Labute approximate surface area is 312 Å². The summed E-state index contributed by atoms with van der Waals surface area (Å²) in [5.41, 5.74) is -4.37. The van der Waals surface area contributed by atoms with Crippen LogP contribution in [0.25, 0.3) is 0 Å². The number of nitrogens with zero attached hydrogens (tertiary/aromatic N) is 2. The van der Waals surface area contributed by atoms with Crippen molar-refractivity contribution in [2.75, 3.05) is 34.8 Å². The van der Waals surface area contributed by atoms with Crippen LogP contribution >= 0.6 is 0 Å². The highest BCUT2D eigenvalue weighted by atomic mass is 16.7. The number of aliphatic hydroxyl groups excluding tert-OH is 3. The van der Waals surface area contributed by atoms with Gasteiger partial charge in [0.25, 0.3) is 0 Å². The van der Waals surface area contributed by atoms with Crippen molar-refractivity contribution in [3.8, 4) is 0 Å². The minimum absolute atomic E-state index is 0.133. The van der Waals surface area contributed by atoms with Crippen molar-refractivity contribution >= 4 is 5.97 Å². The van der Waals surface area contributed by atoms with Gasteiger partial charge >= 0.3 is 5.97 Å². The summed E-state index contributed by atoms with van der Waals surface area (Å²) in [5.74, 6) is -2.58. The number of rotatable bonds is 7. The first-order chi connectivity index (χ1) is 23.9. The van der Waals surface area contributed by atoms with Gasteiger partial charge in [-0.2, -0.15) is 0 Å². The van der Waals surface area contributed by atoms with E-state index in [1.54, 1.807) is 41.5 Å². The van der Waals surface area contributed by atoms with Gasteiger partial charge < -0.3 is 63.8 Å². The molecule has 3 aliphatic rings. The number of likely N-dealkylation sites (N-methyl/N-ethyl adjacent to an activating group) is 2. The van der Waals surface area contributed by atoms with Crippen molar-refractivity contribution in [2.24, 2.45) is 17.8 Å². The summed E-state index contributed by atoms with van der Waals surface area (Å²) in [4.78, 5) is 18.0. The topological polar surface area (TPSA) is 180 Å². The van der Waals surface area contributed by atoms with E-state index in [0.717, 1.165) is 0 Å². The van der Waals surface area contributed by atoms with E-state index < -0.39 is 96.0 Å². The second-order valence-electron chi connectivity index (χ2n) is 17.2. The molecule has 0 aromatic heterocycles. The first-order valence-electron chi connectivity index (χ1n) is 19.1. The second kappa shape index (κ2) is 17.8. The molecule has 52 heavy (non-hydrogen) atoms. The van der Waals surface area contributed by atoms with Crippen LogP contribution in [0.15, 0.2) is 0 Å². The van der Waals surface area contributed by atoms with Crippen molar-refractivity contribution in [2.45, 2.75) is 185 Å². The minimum atomic E-state index is -1.80. The maximum Gasteiger partial charge on any atom is 0.311 e. The molecule has 0 aromatic carbocycles. The van der Waals surface area contributed by atoms with E-state index in [1.807, 2.05) is 51.7 Å². The van der Waals surface area contributed by atoms with Crippen LogP contribution in [-0.2, 0) is 33.2 Å². The number of cyclic esters (lactones) is 1. The standard InChI is InChI=1S/C38H72N2O12/c1-15-27-38(10,46)31(42)24(6)40(13)19-20(2)17-36(8,45)33(52-35-29(41)26(39(11)12)16-21(3)48-35)22(4)30(23(5)34(44)50-27)51-28-18-37(9,47-14)32(43)25(7)49-28/h20-33,35,41-43,45-46H,15-19H2,1-14H3/t20-,21-,22?,23-,24-,25+,26+,27+,28+,29-,30+,31-,32+,33-,35+,36-,37-,38-/m1/s1. The number of methoxy groups -OCH3 is 1. The highest BCUT2D eigenvalue weighted by Gasteiger charge is 2.52. The van der Waals surface area contributed by atoms with E-state index >= 15 is 0 Å². The molecule has 0 saturated carbocycles. The summed E-state index contributed by atoms with van der Waals surface area (Å²) in [6.45, 7) is 18.0. The molecule has 3 heterocycles. The number of aliphatic hydroxyl groups is 5. The van der Waals surface area contributed by atoms with Crippen molar-refractivity contribution in [1.82, 2.24) is 9.80 Å². The lowest BCUT2D eigenvalue weighted by Crippen LogP contribution is -2.60. The van der Waals surface area contributed by atoms with E-state index in [2.05, 4.69) is 0 Å². The molecule has 0 radical (unpaired) electrons. The van der Waals surface area contributed by atoms with Gasteiger partial charge in [0.05, 0.1) is 41.5 Å². The lowest BCUT2D eigenvalue weighted by molar-refractivity contribution is -0.318. The van der Waals surface area contributed by atoms with E-state index in [9.17, 15) is 30.3 Å². The van der Waals surface area contributed by atoms with Crippen LogP contribution in [0.3, 0.4) is 0 Å². The van der Waals surface area contributed by atoms with Gasteiger partial charge in [0.15, 0.2) is 12.6 Å². The molecule has 5 N–H and O–H groups in total. The summed E-state index contributed by atoms with van der Waals surface area (Å²) >= 11 is 0. The van der Waals surface area contributed by atoms with E-state index in [4.69, 9.17) is 28.4 Å². The van der Waals surface area contributed by atoms with Crippen molar-refractivity contribution < 1.29 is 58.7 Å². The summed E-state index contributed by atoms with van der Waals surface area (Å²) in [6, 6.07) is -0.808. The molecule has 3 rings (SSSR count). The van der Waals surface area contributed by atoms with Gasteiger partial charge in [-0.15, -0.1) is 0 Å². The lowest BCUT2D eigenvalue weighted by atomic mass is 9.77. The Bertz CT molecular complexity index is 1140. The average molecular weight is 749 g/mol. The fourth-order valence-corrected chi connectivity index (χ4v) is 8.74. The highest BCUT2D eigenvalue weighted by Crippen LogP contribution is 2.40. The molecule has 0 amide bonds. The van der Waals surface area contributed by atoms with E-state index in [-0.39, 0.29) is 37.3 Å². The van der Waals surface area contributed by atoms with Crippen molar-refractivity contribution in [3.05, 3.63) is 0 Å². The van der Waals surface area contributed by atoms with Crippen LogP contribution in [0.5, 0.6) is 0 Å². The van der Waals surface area contributed by atoms with E-state index in [0.29, 0.717) is 13.0 Å². The Balaban J connectivity index is 2.17. The zero-order valence-corrected chi connectivity index (χ0v) is 34.2. The largest absolute Gasteiger partial charge is 0.459 e. The van der Waals surface area contributed by atoms with Gasteiger partial charge in [-0.3, -0.25) is 4.79 Å². The molecule has 14 heteroatoms. The molecule has 3 fully saturated rings. The van der Waals surface area contributed by atoms with Crippen LogP contribution < -0.4 is 0 Å². The third kappa shape index (κ3) is 10.0. The fourth-order valence-electron chi connectivity index (χ4n) is 8.74. The highest BCUT2D eigenvalue weighted by molar-refractivity contribution is 5.73. The predicted molar refractivity (Wildman–Crippen MR) is 194 cm³/mol. The van der Waals surface area contributed by atoms with Crippen LogP contribution in [0.2, 0.25) is 0 Å². The fraction of sp³-hybridized carbons (Fsp3) is 0.974. The van der Waals surface area contributed by atoms with Gasteiger partial charge in [-0.25, -0.2) is 0 Å². The van der Waals surface area contributed by atoms with Crippen molar-refractivity contribution in [1.29, 1.82) is 0 Å². The molecular formula is C38H72N2O12. The van der Waals surface area contributed by atoms with Crippen LogP contribution in [0.1, 0.15) is 94.9 Å². The first-order valence-corrected chi connectivity index (χ1v) is 19.1. The Hall–Kier alpha value is -1.01. The number of ether oxygens (including phenoxy) is 6. The summed E-state index contributed by atoms with van der Waals surface area (Å²) in [7, 11) is 7.12. The third-order valence-corrected chi connectivity index (χ3v) is 12.2. The quantitative estimate of drug-likeness (QED) is 0.238. The summed E-state index contributed by atoms with van der Waals surface area (Å²) < 4.78 is 37.5. The zero-order valence-electron chi connectivity index (χ0n) is 34.2. The molecule has 0 bridgehead atoms. The molecule has 1 unspecified atom stereocenters.